The van der Waals surface area contributed by atoms with Crippen molar-refractivity contribution in [1.29, 1.82) is 0 Å². The van der Waals surface area contributed by atoms with Crippen molar-refractivity contribution in [3.05, 3.63) is 83.3 Å². The lowest BCUT2D eigenvalue weighted by atomic mass is 9.87. The maximum atomic E-state index is 16.9. The van der Waals surface area contributed by atoms with E-state index in [1.165, 1.54) is 0 Å². The number of piperidine rings is 1. The lowest BCUT2D eigenvalue weighted by Gasteiger charge is -2.56. The van der Waals surface area contributed by atoms with Gasteiger partial charge in [0.15, 0.2) is 5.82 Å². The summed E-state index contributed by atoms with van der Waals surface area (Å²) < 4.78 is 37.7. The molecular formula is C38H35ClF2N8O2. The molecule has 5 aliphatic rings. The number of amides is 1. The fourth-order valence-electron chi connectivity index (χ4n) is 8.61. The molecule has 260 valence electrons. The summed E-state index contributed by atoms with van der Waals surface area (Å²) in [5.74, 6) is 0.435. The van der Waals surface area contributed by atoms with Gasteiger partial charge < -0.3 is 14.5 Å². The largest absolute Gasteiger partial charge is 0.461 e. The molecule has 2 bridgehead atoms. The van der Waals surface area contributed by atoms with Crippen molar-refractivity contribution in [1.82, 2.24) is 34.7 Å². The van der Waals surface area contributed by atoms with Crippen LogP contribution < -0.4 is 9.64 Å². The fourth-order valence-corrected chi connectivity index (χ4v) is 8.89. The molecule has 1 amide bonds. The van der Waals surface area contributed by atoms with Crippen LogP contribution in [0.4, 0.5) is 14.6 Å². The standard InChI is InChI=1S/C38H35ClF2N8O2/c1-22-42-13-11-25(44-22)9-10-31(50)49-26-15-27(49)20-47(19-26)36-29-17-43-34(28-7-2-5-23-6-3-8-30(39)32(23)28)33(41)35(29)45-37(46-36)51-21-38-12-4-14-48(38)18-24(40)16-38/h2-3,5-11,13,17,24,26-27H,4,12,14-16,18-21H2,1H3/b10-9+/t24-,26?,27?,38+/m1/s1. The Morgan fingerprint density at radius 1 is 1.08 bits per heavy atom. The highest BCUT2D eigenvalue weighted by Gasteiger charge is 2.50. The van der Waals surface area contributed by atoms with Crippen LogP contribution in [0.15, 0.2) is 60.9 Å². The summed E-state index contributed by atoms with van der Waals surface area (Å²) in [7, 11) is 0. The first-order valence-electron chi connectivity index (χ1n) is 17.4. The van der Waals surface area contributed by atoms with Gasteiger partial charge in [0.1, 0.15) is 35.6 Å². The zero-order chi connectivity index (χ0) is 34.9. The summed E-state index contributed by atoms with van der Waals surface area (Å²) in [5, 5.41) is 2.50. The number of hydrogen-bond acceptors (Lipinski definition) is 9. The molecule has 2 unspecified atom stereocenters. The van der Waals surface area contributed by atoms with Gasteiger partial charge >= 0.3 is 6.01 Å². The molecule has 0 radical (unpaired) electrons. The predicted octanol–water partition coefficient (Wildman–Crippen LogP) is 6.19. The predicted molar refractivity (Wildman–Crippen MR) is 191 cm³/mol. The number of piperazine rings is 1. The number of benzene rings is 2. The number of halogens is 3. The van der Waals surface area contributed by atoms with Crippen LogP contribution in [0.25, 0.3) is 39.0 Å². The van der Waals surface area contributed by atoms with Crippen molar-refractivity contribution in [3.8, 4) is 17.3 Å². The lowest BCUT2D eigenvalue weighted by molar-refractivity contribution is -0.140. The molecule has 0 spiro atoms. The van der Waals surface area contributed by atoms with Crippen molar-refractivity contribution in [2.75, 3.05) is 37.7 Å². The van der Waals surface area contributed by atoms with Gasteiger partial charge in [-0.25, -0.2) is 18.7 Å². The Balaban J connectivity index is 1.06. The number of aromatic nitrogens is 5. The Labute approximate surface area is 298 Å². The topological polar surface area (TPSA) is 100 Å². The van der Waals surface area contributed by atoms with E-state index in [1.807, 2.05) is 29.2 Å². The Morgan fingerprint density at radius 2 is 1.90 bits per heavy atom. The van der Waals surface area contributed by atoms with Crippen molar-refractivity contribution in [2.24, 2.45) is 0 Å². The minimum absolute atomic E-state index is 0.0308. The molecule has 4 atom stereocenters. The van der Waals surface area contributed by atoms with Gasteiger partial charge in [0.05, 0.1) is 28.7 Å². The number of anilines is 1. The summed E-state index contributed by atoms with van der Waals surface area (Å²) in [4.78, 5) is 42.0. The van der Waals surface area contributed by atoms with Gasteiger partial charge in [-0.05, 0) is 56.3 Å². The summed E-state index contributed by atoms with van der Waals surface area (Å²) in [6, 6.07) is 12.8. The average molecular weight is 709 g/mol. The average Bonchev–Trinajstić information content (AvgIpc) is 3.65. The van der Waals surface area contributed by atoms with Crippen LogP contribution in [0.1, 0.15) is 37.2 Å². The normalized spacial score (nSPS) is 24.4. The number of ether oxygens (including phenoxy) is 1. The van der Waals surface area contributed by atoms with Crippen molar-refractivity contribution in [3.63, 3.8) is 0 Å². The van der Waals surface area contributed by atoms with Gasteiger partial charge in [0, 0.05) is 60.5 Å². The summed E-state index contributed by atoms with van der Waals surface area (Å²) in [6.45, 7) is 4.23. The number of fused-ring (bicyclic) bond motifs is 5. The van der Waals surface area contributed by atoms with Gasteiger partial charge in [-0.15, -0.1) is 0 Å². The smallest absolute Gasteiger partial charge is 0.319 e. The Bertz CT molecular complexity index is 2220. The van der Waals surface area contributed by atoms with Gasteiger partial charge in [-0.1, -0.05) is 41.9 Å². The Hall–Kier alpha value is -4.81. The second-order valence-electron chi connectivity index (χ2n) is 14.1. The molecule has 5 saturated heterocycles. The van der Waals surface area contributed by atoms with E-state index in [0.717, 1.165) is 31.2 Å². The number of pyridine rings is 1. The van der Waals surface area contributed by atoms with E-state index in [1.54, 1.807) is 49.7 Å². The molecule has 3 aromatic heterocycles. The van der Waals surface area contributed by atoms with Gasteiger partial charge in [0.25, 0.3) is 0 Å². The maximum absolute atomic E-state index is 16.9. The molecule has 5 fully saturated rings. The van der Waals surface area contributed by atoms with Gasteiger partial charge in [-0.3, -0.25) is 14.7 Å². The number of alkyl halides is 1. The summed E-state index contributed by atoms with van der Waals surface area (Å²) in [6.07, 6.45) is 8.67. The number of rotatable bonds is 7. The summed E-state index contributed by atoms with van der Waals surface area (Å²) >= 11 is 6.63. The number of nitrogens with zero attached hydrogens (tertiary/aromatic N) is 8. The number of aryl methyl sites for hydroxylation is 1. The molecule has 2 aromatic carbocycles. The molecule has 51 heavy (non-hydrogen) atoms. The third-order valence-corrected chi connectivity index (χ3v) is 11.2. The fraction of sp³-hybridized carbons (Fsp3) is 0.368. The first kappa shape index (κ1) is 32.1. The maximum Gasteiger partial charge on any atom is 0.319 e. The van der Waals surface area contributed by atoms with Gasteiger partial charge in [0.2, 0.25) is 5.91 Å². The third-order valence-electron chi connectivity index (χ3n) is 10.9. The second-order valence-corrected chi connectivity index (χ2v) is 14.5. The molecule has 0 saturated carbocycles. The van der Waals surface area contributed by atoms with Crippen LogP contribution in [0.3, 0.4) is 0 Å². The van der Waals surface area contributed by atoms with E-state index < -0.39 is 17.5 Å². The first-order valence-corrected chi connectivity index (χ1v) is 17.7. The van der Waals surface area contributed by atoms with Crippen LogP contribution in [0.5, 0.6) is 6.01 Å². The highest BCUT2D eigenvalue weighted by Crippen LogP contribution is 2.42. The van der Waals surface area contributed by atoms with E-state index >= 15 is 4.39 Å². The van der Waals surface area contributed by atoms with Crippen LogP contribution >= 0.6 is 11.6 Å². The molecule has 10 nitrogen and oxygen atoms in total. The molecule has 5 aliphatic heterocycles. The monoisotopic (exact) mass is 708 g/mol. The van der Waals surface area contributed by atoms with Gasteiger partial charge in [-0.2, -0.15) is 9.97 Å². The van der Waals surface area contributed by atoms with Crippen molar-refractivity contribution in [2.45, 2.75) is 56.4 Å². The van der Waals surface area contributed by atoms with E-state index in [2.05, 4.69) is 29.7 Å². The third kappa shape index (κ3) is 5.55. The van der Waals surface area contributed by atoms with E-state index in [9.17, 15) is 9.18 Å². The zero-order valence-corrected chi connectivity index (χ0v) is 28.7. The van der Waals surface area contributed by atoms with E-state index in [-0.39, 0.29) is 41.8 Å². The number of carbonyl (C=O) groups is 1. The molecule has 0 aliphatic carbocycles. The molecule has 8 heterocycles. The highest BCUT2D eigenvalue weighted by atomic mass is 35.5. The molecule has 0 N–H and O–H groups in total. The molecule has 10 rings (SSSR count). The van der Waals surface area contributed by atoms with E-state index in [4.69, 9.17) is 21.3 Å². The minimum Gasteiger partial charge on any atom is -0.461 e. The quantitative estimate of drug-likeness (QED) is 0.183. The van der Waals surface area contributed by atoms with E-state index in [0.29, 0.717) is 64.7 Å². The zero-order valence-electron chi connectivity index (χ0n) is 28.0. The Kier molecular flexibility index (Phi) is 7.84. The minimum atomic E-state index is -0.911. The second kappa shape index (κ2) is 12.4. The highest BCUT2D eigenvalue weighted by molar-refractivity contribution is 6.36. The van der Waals surface area contributed by atoms with Crippen LogP contribution in [0.2, 0.25) is 5.02 Å². The Morgan fingerprint density at radius 3 is 2.73 bits per heavy atom. The van der Waals surface area contributed by atoms with Crippen LogP contribution in [-0.4, -0.2) is 97.2 Å². The van der Waals surface area contributed by atoms with Crippen LogP contribution in [0, 0.1) is 12.7 Å². The summed E-state index contributed by atoms with van der Waals surface area (Å²) in [5.41, 5.74) is 1.000. The molecule has 13 heteroatoms. The lowest BCUT2D eigenvalue weighted by Crippen LogP contribution is -2.70. The number of hydrogen-bond donors (Lipinski definition) is 0. The number of carbonyl (C=O) groups excluding carboxylic acids is 1. The molecular weight excluding hydrogens is 674 g/mol. The first-order chi connectivity index (χ1) is 24.8. The van der Waals surface area contributed by atoms with Crippen molar-refractivity contribution >= 4 is 51.1 Å². The van der Waals surface area contributed by atoms with Crippen LogP contribution in [-0.2, 0) is 4.79 Å². The van der Waals surface area contributed by atoms with Crippen molar-refractivity contribution < 1.29 is 18.3 Å². The molecule has 5 aromatic rings. The SMILES string of the molecule is Cc1nccc(/C=C/C(=O)N2C3CC2CN(c2nc(OC[C@@]45CCCN4C[C@H](F)C5)nc4c(F)c(-c5cccc6cccc(Cl)c56)ncc24)C3)n1.